The summed E-state index contributed by atoms with van der Waals surface area (Å²) in [5, 5.41) is 11.6. The molecule has 2 N–H and O–H groups in total. The van der Waals surface area contributed by atoms with Gasteiger partial charge in [0, 0.05) is 23.8 Å². The third-order valence-electron chi connectivity index (χ3n) is 3.15. The first-order chi connectivity index (χ1) is 9.43. The molecular formula is C12H14BrN3O4. The van der Waals surface area contributed by atoms with E-state index in [4.69, 9.17) is 5.11 Å². The molecule has 0 aromatic carbocycles. The van der Waals surface area contributed by atoms with E-state index in [0.29, 0.717) is 12.2 Å². The number of nitrogens with zero attached hydrogens (tertiary/aromatic N) is 2. The van der Waals surface area contributed by atoms with Gasteiger partial charge in [-0.25, -0.2) is 4.79 Å². The lowest BCUT2D eigenvalue weighted by atomic mass is 10.1. The van der Waals surface area contributed by atoms with Gasteiger partial charge in [-0.3, -0.25) is 9.59 Å². The Morgan fingerprint density at radius 1 is 1.55 bits per heavy atom. The maximum Gasteiger partial charge on any atom is 0.328 e. The largest absolute Gasteiger partial charge is 0.480 e. The van der Waals surface area contributed by atoms with Crippen molar-refractivity contribution in [1.29, 1.82) is 0 Å². The van der Waals surface area contributed by atoms with Crippen LogP contribution in [0, 0.1) is 0 Å². The van der Waals surface area contributed by atoms with Crippen LogP contribution in [0.25, 0.3) is 0 Å². The van der Waals surface area contributed by atoms with Crippen molar-refractivity contribution in [3.05, 3.63) is 22.4 Å². The van der Waals surface area contributed by atoms with E-state index in [0.717, 1.165) is 9.37 Å². The predicted octanol–water partition coefficient (Wildman–Crippen LogP) is 0.296. The standard InChI is InChI=1S/C12H14BrN3O4/c1-2-15-5-7(13)3-8(15)11(18)16-6-10(17)14-4-9(16)12(19)20/h3,5,9H,2,4,6H2,1H3,(H,14,17)(H,19,20). The Bertz CT molecular complexity index is 569. The van der Waals surface area contributed by atoms with Gasteiger partial charge in [-0.1, -0.05) is 0 Å². The number of hydrogen-bond donors (Lipinski definition) is 2. The van der Waals surface area contributed by atoms with Gasteiger partial charge < -0.3 is 19.9 Å². The molecule has 2 rings (SSSR count). The quantitative estimate of drug-likeness (QED) is 0.825. The molecule has 1 atom stereocenters. The average molecular weight is 344 g/mol. The molecule has 1 aromatic rings. The van der Waals surface area contributed by atoms with Crippen LogP contribution in [0.15, 0.2) is 16.7 Å². The zero-order chi connectivity index (χ0) is 14.9. The van der Waals surface area contributed by atoms with Crippen LogP contribution in [-0.2, 0) is 16.1 Å². The number of nitrogens with one attached hydrogen (secondary N) is 1. The smallest absolute Gasteiger partial charge is 0.328 e. The van der Waals surface area contributed by atoms with Crippen molar-refractivity contribution >= 4 is 33.7 Å². The zero-order valence-electron chi connectivity index (χ0n) is 10.8. The fraction of sp³-hybridized carbons (Fsp3) is 0.417. The molecule has 1 aliphatic rings. The molecule has 0 saturated carbocycles. The van der Waals surface area contributed by atoms with Crippen molar-refractivity contribution in [2.45, 2.75) is 19.5 Å². The van der Waals surface area contributed by atoms with Gasteiger partial charge in [0.25, 0.3) is 5.91 Å². The summed E-state index contributed by atoms with van der Waals surface area (Å²) in [6.45, 7) is 2.13. The van der Waals surface area contributed by atoms with E-state index in [1.807, 2.05) is 6.92 Å². The predicted molar refractivity (Wildman–Crippen MR) is 73.3 cm³/mol. The Morgan fingerprint density at radius 2 is 2.25 bits per heavy atom. The van der Waals surface area contributed by atoms with E-state index in [-0.39, 0.29) is 19.0 Å². The van der Waals surface area contributed by atoms with Crippen LogP contribution < -0.4 is 5.32 Å². The number of amides is 2. The second-order valence-corrected chi connectivity index (χ2v) is 5.34. The van der Waals surface area contributed by atoms with E-state index in [2.05, 4.69) is 21.2 Å². The molecule has 0 spiro atoms. The lowest BCUT2D eigenvalue weighted by Crippen LogP contribution is -2.59. The van der Waals surface area contributed by atoms with Gasteiger partial charge in [0.05, 0.1) is 0 Å². The first-order valence-corrected chi connectivity index (χ1v) is 6.89. The SMILES string of the molecule is CCn1cc(Br)cc1C(=O)N1CC(=O)NCC1C(=O)O. The lowest BCUT2D eigenvalue weighted by Gasteiger charge is -2.32. The Kier molecular flexibility index (Phi) is 4.12. The summed E-state index contributed by atoms with van der Waals surface area (Å²) in [5.41, 5.74) is 0.361. The molecule has 0 aliphatic carbocycles. The van der Waals surface area contributed by atoms with Gasteiger partial charge in [0.15, 0.2) is 0 Å². The summed E-state index contributed by atoms with van der Waals surface area (Å²) in [7, 11) is 0. The molecule has 1 aromatic heterocycles. The Labute approximate surface area is 123 Å². The minimum absolute atomic E-state index is 0.0755. The van der Waals surface area contributed by atoms with E-state index < -0.39 is 17.9 Å². The zero-order valence-corrected chi connectivity index (χ0v) is 12.4. The number of carbonyl (C=O) groups excluding carboxylic acids is 2. The highest BCUT2D eigenvalue weighted by atomic mass is 79.9. The van der Waals surface area contributed by atoms with Crippen molar-refractivity contribution in [2.75, 3.05) is 13.1 Å². The Morgan fingerprint density at radius 3 is 2.85 bits per heavy atom. The number of aryl methyl sites for hydroxylation is 1. The Hall–Kier alpha value is -1.83. The van der Waals surface area contributed by atoms with Crippen LogP contribution in [0.1, 0.15) is 17.4 Å². The molecule has 2 heterocycles. The van der Waals surface area contributed by atoms with Crippen LogP contribution in [-0.4, -0.2) is 51.5 Å². The van der Waals surface area contributed by atoms with Crippen molar-refractivity contribution in [3.8, 4) is 0 Å². The van der Waals surface area contributed by atoms with Crippen LogP contribution >= 0.6 is 15.9 Å². The highest BCUT2D eigenvalue weighted by Gasteiger charge is 2.36. The van der Waals surface area contributed by atoms with E-state index in [9.17, 15) is 14.4 Å². The van der Waals surface area contributed by atoms with Gasteiger partial charge in [-0.15, -0.1) is 0 Å². The molecule has 1 fully saturated rings. The van der Waals surface area contributed by atoms with Gasteiger partial charge in [0.1, 0.15) is 18.3 Å². The highest BCUT2D eigenvalue weighted by molar-refractivity contribution is 9.10. The van der Waals surface area contributed by atoms with Crippen molar-refractivity contribution < 1.29 is 19.5 Å². The molecule has 1 saturated heterocycles. The molecule has 20 heavy (non-hydrogen) atoms. The second-order valence-electron chi connectivity index (χ2n) is 4.42. The van der Waals surface area contributed by atoms with Crippen molar-refractivity contribution in [3.63, 3.8) is 0 Å². The molecule has 1 unspecified atom stereocenters. The number of hydrogen-bond acceptors (Lipinski definition) is 3. The number of halogens is 1. The van der Waals surface area contributed by atoms with E-state index in [1.54, 1.807) is 16.8 Å². The molecule has 108 valence electrons. The summed E-state index contributed by atoms with van der Waals surface area (Å²) in [5.74, 6) is -1.95. The van der Waals surface area contributed by atoms with Crippen LogP contribution in [0.2, 0.25) is 0 Å². The Balaban J connectivity index is 2.33. The maximum atomic E-state index is 12.5. The summed E-state index contributed by atoms with van der Waals surface area (Å²) < 4.78 is 2.44. The minimum atomic E-state index is -1.13. The van der Waals surface area contributed by atoms with Gasteiger partial charge in [-0.05, 0) is 28.9 Å². The third kappa shape index (κ3) is 2.69. The maximum absolute atomic E-state index is 12.5. The molecule has 0 bridgehead atoms. The first kappa shape index (κ1) is 14.6. The van der Waals surface area contributed by atoms with Gasteiger partial charge in [-0.2, -0.15) is 0 Å². The molecule has 1 aliphatic heterocycles. The summed E-state index contributed by atoms with van der Waals surface area (Å²) in [6.07, 6.45) is 1.74. The van der Waals surface area contributed by atoms with Crippen molar-refractivity contribution in [2.24, 2.45) is 0 Å². The molecule has 7 nitrogen and oxygen atoms in total. The normalized spacial score (nSPS) is 18.8. The molecule has 0 radical (unpaired) electrons. The average Bonchev–Trinajstić information content (AvgIpc) is 2.78. The number of carboxylic acid groups (broad SMARTS) is 1. The second kappa shape index (κ2) is 5.66. The summed E-state index contributed by atoms with van der Waals surface area (Å²) in [4.78, 5) is 36.2. The number of carboxylic acids is 1. The highest BCUT2D eigenvalue weighted by Crippen LogP contribution is 2.18. The van der Waals surface area contributed by atoms with Crippen LogP contribution in [0.3, 0.4) is 0 Å². The number of aliphatic carboxylic acids is 1. The number of piperazine rings is 1. The monoisotopic (exact) mass is 343 g/mol. The minimum Gasteiger partial charge on any atom is -0.480 e. The van der Waals surface area contributed by atoms with Crippen LogP contribution in [0.4, 0.5) is 0 Å². The molecule has 2 amide bonds. The lowest BCUT2D eigenvalue weighted by molar-refractivity contribution is -0.144. The molecule has 8 heteroatoms. The summed E-state index contributed by atoms with van der Waals surface area (Å²) in [6, 6.07) is 0.580. The van der Waals surface area contributed by atoms with Gasteiger partial charge in [0.2, 0.25) is 5.91 Å². The van der Waals surface area contributed by atoms with E-state index in [1.165, 1.54) is 0 Å². The van der Waals surface area contributed by atoms with Crippen LogP contribution in [0.5, 0.6) is 0 Å². The number of aromatic nitrogens is 1. The number of carbonyl (C=O) groups is 3. The van der Waals surface area contributed by atoms with Crippen molar-refractivity contribution in [1.82, 2.24) is 14.8 Å². The van der Waals surface area contributed by atoms with E-state index >= 15 is 0 Å². The number of rotatable bonds is 3. The first-order valence-electron chi connectivity index (χ1n) is 6.10. The fourth-order valence-corrected chi connectivity index (χ4v) is 2.60. The fourth-order valence-electron chi connectivity index (χ4n) is 2.14. The summed E-state index contributed by atoms with van der Waals surface area (Å²) >= 11 is 3.28. The third-order valence-corrected chi connectivity index (χ3v) is 3.59. The van der Waals surface area contributed by atoms with Gasteiger partial charge >= 0.3 is 5.97 Å². The molecular weight excluding hydrogens is 330 g/mol. The topological polar surface area (TPSA) is 91.6 Å².